The predicted octanol–water partition coefficient (Wildman–Crippen LogP) is 2.18. The van der Waals surface area contributed by atoms with E-state index in [-0.39, 0.29) is 23.2 Å². The van der Waals surface area contributed by atoms with Crippen molar-refractivity contribution in [2.75, 3.05) is 13.7 Å². The Hall–Kier alpha value is -1.13. The monoisotopic (exact) mass is 253 g/mol. The van der Waals surface area contributed by atoms with Gasteiger partial charge in [-0.15, -0.1) is 0 Å². The Labute approximate surface area is 107 Å². The molecule has 1 N–H and O–H groups in total. The standard InChI is InChI=1S/C14H20FNO2/c1-14(2)13(17)6-7-16(14)9-10-4-5-12(18-3)11(15)8-10/h4-5,8,13,17H,6-7,9H2,1-3H3. The summed E-state index contributed by atoms with van der Waals surface area (Å²) in [7, 11) is 1.46. The van der Waals surface area contributed by atoms with Crippen molar-refractivity contribution in [1.29, 1.82) is 0 Å². The van der Waals surface area contributed by atoms with E-state index in [9.17, 15) is 9.50 Å². The third-order valence-electron chi connectivity index (χ3n) is 3.89. The van der Waals surface area contributed by atoms with Crippen molar-refractivity contribution in [3.05, 3.63) is 29.6 Å². The van der Waals surface area contributed by atoms with Gasteiger partial charge in [0.05, 0.1) is 13.2 Å². The molecule has 0 saturated carbocycles. The van der Waals surface area contributed by atoms with Gasteiger partial charge in [-0.25, -0.2) is 4.39 Å². The SMILES string of the molecule is COc1ccc(CN2CCC(O)C2(C)C)cc1F. The summed E-state index contributed by atoms with van der Waals surface area (Å²) in [4.78, 5) is 2.18. The zero-order chi connectivity index (χ0) is 13.3. The van der Waals surface area contributed by atoms with Crippen molar-refractivity contribution >= 4 is 0 Å². The number of ether oxygens (including phenoxy) is 1. The lowest BCUT2D eigenvalue weighted by Crippen LogP contribution is -2.44. The highest BCUT2D eigenvalue weighted by Gasteiger charge is 2.39. The fourth-order valence-corrected chi connectivity index (χ4v) is 2.44. The molecule has 1 atom stereocenters. The van der Waals surface area contributed by atoms with Crippen molar-refractivity contribution in [2.24, 2.45) is 0 Å². The summed E-state index contributed by atoms with van der Waals surface area (Å²) < 4.78 is 18.5. The number of aliphatic hydroxyl groups excluding tert-OH is 1. The minimum absolute atomic E-state index is 0.254. The molecule has 4 heteroatoms. The number of rotatable bonds is 3. The highest BCUT2D eigenvalue weighted by atomic mass is 19.1. The summed E-state index contributed by atoms with van der Waals surface area (Å²) in [6.07, 6.45) is 0.451. The first-order valence-corrected chi connectivity index (χ1v) is 6.20. The highest BCUT2D eigenvalue weighted by Crippen LogP contribution is 2.30. The molecule has 0 aliphatic carbocycles. The van der Waals surface area contributed by atoms with E-state index in [1.165, 1.54) is 13.2 Å². The molecule has 1 fully saturated rings. The van der Waals surface area contributed by atoms with Gasteiger partial charge in [-0.1, -0.05) is 6.07 Å². The predicted molar refractivity (Wildman–Crippen MR) is 68.1 cm³/mol. The van der Waals surface area contributed by atoms with Gasteiger partial charge < -0.3 is 9.84 Å². The molecule has 1 unspecified atom stereocenters. The van der Waals surface area contributed by atoms with Crippen molar-refractivity contribution in [2.45, 2.75) is 38.5 Å². The zero-order valence-electron chi connectivity index (χ0n) is 11.1. The van der Waals surface area contributed by atoms with E-state index in [0.717, 1.165) is 18.5 Å². The molecule has 0 bridgehead atoms. The van der Waals surface area contributed by atoms with E-state index >= 15 is 0 Å². The summed E-state index contributed by atoms with van der Waals surface area (Å²) >= 11 is 0. The molecule has 2 rings (SSSR count). The topological polar surface area (TPSA) is 32.7 Å². The molecule has 0 radical (unpaired) electrons. The molecular weight excluding hydrogens is 233 g/mol. The molecule has 0 spiro atoms. The maximum absolute atomic E-state index is 13.6. The van der Waals surface area contributed by atoms with Gasteiger partial charge in [0, 0.05) is 18.6 Å². The lowest BCUT2D eigenvalue weighted by atomic mass is 9.98. The van der Waals surface area contributed by atoms with Crippen LogP contribution < -0.4 is 4.74 Å². The minimum atomic E-state index is -0.340. The zero-order valence-corrected chi connectivity index (χ0v) is 11.1. The van der Waals surface area contributed by atoms with E-state index in [1.54, 1.807) is 6.07 Å². The molecule has 0 aromatic heterocycles. The van der Waals surface area contributed by atoms with Gasteiger partial charge in [-0.05, 0) is 38.0 Å². The van der Waals surface area contributed by atoms with E-state index in [1.807, 2.05) is 19.9 Å². The van der Waals surface area contributed by atoms with Gasteiger partial charge in [0.1, 0.15) is 0 Å². The van der Waals surface area contributed by atoms with Crippen molar-refractivity contribution in [1.82, 2.24) is 4.90 Å². The molecule has 0 amide bonds. The Morgan fingerprint density at radius 3 is 2.72 bits per heavy atom. The van der Waals surface area contributed by atoms with Gasteiger partial charge in [-0.3, -0.25) is 4.90 Å². The average Bonchev–Trinajstić information content (AvgIpc) is 2.56. The van der Waals surface area contributed by atoms with E-state index < -0.39 is 0 Å². The van der Waals surface area contributed by atoms with Crippen LogP contribution in [-0.2, 0) is 6.54 Å². The molecule has 1 aromatic rings. The summed E-state index contributed by atoms with van der Waals surface area (Å²) in [5, 5.41) is 9.91. The largest absolute Gasteiger partial charge is 0.494 e. The van der Waals surface area contributed by atoms with Gasteiger partial charge in [0.2, 0.25) is 0 Å². The molecule has 3 nitrogen and oxygen atoms in total. The van der Waals surface area contributed by atoms with Crippen LogP contribution in [0, 0.1) is 5.82 Å². The van der Waals surface area contributed by atoms with Crippen LogP contribution in [0.25, 0.3) is 0 Å². The molecular formula is C14H20FNO2. The lowest BCUT2D eigenvalue weighted by molar-refractivity contribution is 0.0506. The number of halogens is 1. The number of hydrogen-bond donors (Lipinski definition) is 1. The number of likely N-dealkylation sites (tertiary alicyclic amines) is 1. The second-order valence-corrected chi connectivity index (χ2v) is 5.35. The summed E-state index contributed by atoms with van der Waals surface area (Å²) in [6, 6.07) is 5.01. The molecule has 1 aliphatic heterocycles. The quantitative estimate of drug-likeness (QED) is 0.896. The van der Waals surface area contributed by atoms with Crippen molar-refractivity contribution in [3.63, 3.8) is 0 Å². The average molecular weight is 253 g/mol. The van der Waals surface area contributed by atoms with Gasteiger partial charge in [0.15, 0.2) is 11.6 Å². The van der Waals surface area contributed by atoms with Crippen LogP contribution in [0.4, 0.5) is 4.39 Å². The Bertz CT molecular complexity index is 434. The third-order valence-corrected chi connectivity index (χ3v) is 3.89. The van der Waals surface area contributed by atoms with Crippen molar-refractivity contribution < 1.29 is 14.2 Å². The van der Waals surface area contributed by atoms with Gasteiger partial charge in [-0.2, -0.15) is 0 Å². The fourth-order valence-electron chi connectivity index (χ4n) is 2.44. The van der Waals surface area contributed by atoms with Crippen LogP contribution in [0.3, 0.4) is 0 Å². The Morgan fingerprint density at radius 2 is 2.22 bits per heavy atom. The van der Waals surface area contributed by atoms with Crippen LogP contribution in [0.2, 0.25) is 0 Å². The van der Waals surface area contributed by atoms with Crippen LogP contribution >= 0.6 is 0 Å². The van der Waals surface area contributed by atoms with Crippen molar-refractivity contribution in [3.8, 4) is 5.75 Å². The molecule has 1 heterocycles. The minimum Gasteiger partial charge on any atom is -0.494 e. The fraction of sp³-hybridized carbons (Fsp3) is 0.571. The van der Waals surface area contributed by atoms with Crippen LogP contribution in [0.5, 0.6) is 5.75 Å². The molecule has 18 heavy (non-hydrogen) atoms. The van der Waals surface area contributed by atoms with E-state index in [2.05, 4.69) is 4.90 Å². The molecule has 1 aliphatic rings. The lowest BCUT2D eigenvalue weighted by Gasteiger charge is -2.33. The van der Waals surface area contributed by atoms with Gasteiger partial charge >= 0.3 is 0 Å². The number of hydrogen-bond acceptors (Lipinski definition) is 3. The summed E-state index contributed by atoms with van der Waals surface area (Å²) in [5.41, 5.74) is 0.645. The van der Waals surface area contributed by atoms with Crippen LogP contribution in [0.1, 0.15) is 25.8 Å². The van der Waals surface area contributed by atoms with Crippen LogP contribution in [0.15, 0.2) is 18.2 Å². The van der Waals surface area contributed by atoms with Gasteiger partial charge in [0.25, 0.3) is 0 Å². The Balaban J connectivity index is 2.13. The number of aliphatic hydroxyl groups is 1. The normalized spacial score (nSPS) is 23.3. The smallest absolute Gasteiger partial charge is 0.165 e. The first-order valence-electron chi connectivity index (χ1n) is 6.20. The summed E-state index contributed by atoms with van der Waals surface area (Å²) in [5.74, 6) is -0.0768. The number of benzene rings is 1. The van der Waals surface area contributed by atoms with E-state index in [4.69, 9.17) is 4.74 Å². The molecule has 1 saturated heterocycles. The Morgan fingerprint density at radius 1 is 1.50 bits per heavy atom. The number of nitrogens with zero attached hydrogens (tertiary/aromatic N) is 1. The maximum Gasteiger partial charge on any atom is 0.165 e. The second-order valence-electron chi connectivity index (χ2n) is 5.35. The molecule has 1 aromatic carbocycles. The first kappa shape index (κ1) is 13.3. The maximum atomic E-state index is 13.6. The summed E-state index contributed by atoms with van der Waals surface area (Å²) in [6.45, 7) is 5.52. The second kappa shape index (κ2) is 4.86. The third kappa shape index (κ3) is 2.35. The molecule has 100 valence electrons. The highest BCUT2D eigenvalue weighted by molar-refractivity contribution is 5.29. The van der Waals surface area contributed by atoms with E-state index in [0.29, 0.717) is 6.54 Å². The number of methoxy groups -OCH3 is 1. The Kier molecular flexibility index (Phi) is 3.59. The van der Waals surface area contributed by atoms with Crippen LogP contribution in [-0.4, -0.2) is 35.3 Å². The first-order chi connectivity index (χ1) is 8.45.